The van der Waals surface area contributed by atoms with Crippen LogP contribution in [0.1, 0.15) is 21.7 Å². The van der Waals surface area contributed by atoms with Crippen LogP contribution in [-0.2, 0) is 16.4 Å². The van der Waals surface area contributed by atoms with Gasteiger partial charge in [-0.2, -0.15) is 0 Å². The van der Waals surface area contributed by atoms with Crippen molar-refractivity contribution in [1.82, 2.24) is 4.90 Å². The van der Waals surface area contributed by atoms with Gasteiger partial charge in [-0.1, -0.05) is 41.4 Å². The smallest absolute Gasteiger partial charge is 0.266 e. The van der Waals surface area contributed by atoms with Crippen LogP contribution >= 0.6 is 34.5 Å². The van der Waals surface area contributed by atoms with E-state index in [1.807, 2.05) is 43.3 Å². The predicted molar refractivity (Wildman–Crippen MR) is 130 cm³/mol. The van der Waals surface area contributed by atoms with Crippen LogP contribution in [0.5, 0.6) is 0 Å². The Bertz CT molecular complexity index is 1240. The van der Waals surface area contributed by atoms with Gasteiger partial charge in [-0.05, 0) is 36.2 Å². The van der Waals surface area contributed by atoms with E-state index in [1.54, 1.807) is 23.1 Å². The number of sulfone groups is 1. The molecule has 5 nitrogen and oxygen atoms in total. The molecule has 0 spiro atoms. The van der Waals surface area contributed by atoms with E-state index in [9.17, 15) is 13.2 Å². The summed E-state index contributed by atoms with van der Waals surface area (Å²) in [5.41, 5.74) is 1.98. The van der Waals surface area contributed by atoms with Crippen molar-refractivity contribution in [3.8, 4) is 0 Å². The third kappa shape index (κ3) is 4.70. The summed E-state index contributed by atoms with van der Waals surface area (Å²) < 4.78 is 25.1. The zero-order valence-electron chi connectivity index (χ0n) is 17.1. The number of thiophene rings is 1. The second kappa shape index (κ2) is 8.62. The first-order chi connectivity index (χ1) is 14.6. The Labute approximate surface area is 196 Å². The van der Waals surface area contributed by atoms with Crippen LogP contribution in [0, 0.1) is 0 Å². The largest absolute Gasteiger partial charge is 0.378 e. The molecule has 4 rings (SSSR count). The van der Waals surface area contributed by atoms with Gasteiger partial charge in [0.2, 0.25) is 0 Å². The monoisotopic (exact) mass is 496 g/mol. The average Bonchev–Trinajstić information content (AvgIpc) is 3.24. The van der Waals surface area contributed by atoms with Crippen molar-refractivity contribution in [2.45, 2.75) is 19.0 Å². The van der Waals surface area contributed by atoms with Crippen LogP contribution in [0.3, 0.4) is 0 Å². The summed E-state index contributed by atoms with van der Waals surface area (Å²) in [5.74, 6) is -0.180. The molecule has 2 aromatic carbocycles. The van der Waals surface area contributed by atoms with Gasteiger partial charge in [-0.3, -0.25) is 4.79 Å². The number of halogens is 2. The number of amides is 1. The number of nitrogens with zero attached hydrogens (tertiary/aromatic N) is 2. The molecule has 1 fully saturated rings. The van der Waals surface area contributed by atoms with E-state index >= 15 is 0 Å². The minimum atomic E-state index is -3.15. The summed E-state index contributed by atoms with van der Waals surface area (Å²) in [6, 6.07) is 12.8. The summed E-state index contributed by atoms with van der Waals surface area (Å²) in [7, 11) is 0.770. The number of benzene rings is 2. The molecule has 1 aliphatic rings. The highest BCUT2D eigenvalue weighted by atomic mass is 35.5. The lowest BCUT2D eigenvalue weighted by molar-refractivity contribution is 0.0686. The van der Waals surface area contributed by atoms with Gasteiger partial charge in [0.25, 0.3) is 5.91 Å². The molecular weight excluding hydrogens is 475 g/mol. The molecule has 164 valence electrons. The van der Waals surface area contributed by atoms with Crippen molar-refractivity contribution in [3.05, 3.63) is 63.0 Å². The van der Waals surface area contributed by atoms with Crippen LogP contribution in [0.2, 0.25) is 10.0 Å². The lowest BCUT2D eigenvalue weighted by Gasteiger charge is -2.28. The number of fused-ring (bicyclic) bond motifs is 1. The Morgan fingerprint density at radius 3 is 2.45 bits per heavy atom. The highest BCUT2D eigenvalue weighted by molar-refractivity contribution is 7.91. The first kappa shape index (κ1) is 22.4. The number of carbonyl (C=O) groups excluding carboxylic acids is 1. The highest BCUT2D eigenvalue weighted by Crippen LogP contribution is 2.38. The van der Waals surface area contributed by atoms with E-state index in [0.717, 1.165) is 21.3 Å². The molecule has 0 saturated carbocycles. The van der Waals surface area contributed by atoms with Crippen LogP contribution in [0.4, 0.5) is 5.69 Å². The van der Waals surface area contributed by atoms with Gasteiger partial charge in [0, 0.05) is 47.5 Å². The normalized spacial score (nSPS) is 17.7. The maximum atomic E-state index is 13.6. The van der Waals surface area contributed by atoms with Gasteiger partial charge >= 0.3 is 0 Å². The van der Waals surface area contributed by atoms with Gasteiger partial charge in [0.15, 0.2) is 9.84 Å². The van der Waals surface area contributed by atoms with Crippen molar-refractivity contribution in [2.75, 3.05) is 30.5 Å². The topological polar surface area (TPSA) is 57.7 Å². The first-order valence-electron chi connectivity index (χ1n) is 9.80. The Balaban J connectivity index is 1.70. The van der Waals surface area contributed by atoms with Gasteiger partial charge in [-0.15, -0.1) is 11.3 Å². The van der Waals surface area contributed by atoms with E-state index in [2.05, 4.69) is 0 Å². The Hall–Kier alpha value is -1.80. The second-order valence-electron chi connectivity index (χ2n) is 7.94. The average molecular weight is 497 g/mol. The number of hydrogen-bond acceptors (Lipinski definition) is 5. The highest BCUT2D eigenvalue weighted by Gasteiger charge is 2.36. The molecule has 31 heavy (non-hydrogen) atoms. The van der Waals surface area contributed by atoms with Crippen molar-refractivity contribution in [1.29, 1.82) is 0 Å². The van der Waals surface area contributed by atoms with Crippen molar-refractivity contribution < 1.29 is 13.2 Å². The summed E-state index contributed by atoms with van der Waals surface area (Å²) in [6.07, 6.45) is 0.429. The van der Waals surface area contributed by atoms with E-state index in [4.69, 9.17) is 23.2 Å². The van der Waals surface area contributed by atoms with Gasteiger partial charge in [-0.25, -0.2) is 8.42 Å². The van der Waals surface area contributed by atoms with Gasteiger partial charge in [0.1, 0.15) is 4.88 Å². The van der Waals surface area contributed by atoms with Crippen LogP contribution < -0.4 is 4.90 Å². The summed E-state index contributed by atoms with van der Waals surface area (Å²) in [6.45, 7) is 0.318. The molecule has 0 aliphatic carbocycles. The molecule has 9 heteroatoms. The van der Waals surface area contributed by atoms with Crippen LogP contribution in [0.15, 0.2) is 42.5 Å². The summed E-state index contributed by atoms with van der Waals surface area (Å²) in [5, 5.41) is 1.73. The SMILES string of the molecule is CN(C)c1ccc(CN(C(=O)c2sc3cc(Cl)ccc3c2Cl)C2CCS(=O)(=O)C2)cc1. The molecule has 3 aromatic rings. The number of hydrogen-bond donors (Lipinski definition) is 0. The number of rotatable bonds is 5. The van der Waals surface area contributed by atoms with E-state index in [1.165, 1.54) is 11.3 Å². The Morgan fingerprint density at radius 1 is 1.13 bits per heavy atom. The quantitative estimate of drug-likeness (QED) is 0.492. The maximum absolute atomic E-state index is 13.6. The molecule has 0 N–H and O–H groups in total. The summed E-state index contributed by atoms with van der Waals surface area (Å²) in [4.78, 5) is 17.7. The Morgan fingerprint density at radius 2 is 1.84 bits per heavy atom. The maximum Gasteiger partial charge on any atom is 0.266 e. The van der Waals surface area contributed by atoms with E-state index in [-0.39, 0.29) is 23.5 Å². The molecule has 0 radical (unpaired) electrons. The lowest BCUT2D eigenvalue weighted by atomic mass is 10.1. The van der Waals surface area contributed by atoms with Crippen LogP contribution in [-0.4, -0.2) is 50.9 Å². The van der Waals surface area contributed by atoms with Gasteiger partial charge in [0.05, 0.1) is 16.5 Å². The molecule has 1 atom stereocenters. The molecule has 1 unspecified atom stereocenters. The molecule has 1 aliphatic heterocycles. The fourth-order valence-corrected chi connectivity index (χ4v) is 7.27. The molecular formula is C22H22Cl2N2O3S2. The van der Waals surface area contributed by atoms with Gasteiger partial charge < -0.3 is 9.80 Å². The molecule has 0 bridgehead atoms. The third-order valence-electron chi connectivity index (χ3n) is 5.50. The van der Waals surface area contributed by atoms with E-state index < -0.39 is 9.84 Å². The van der Waals surface area contributed by atoms with E-state index in [0.29, 0.717) is 27.9 Å². The summed E-state index contributed by atoms with van der Waals surface area (Å²) >= 11 is 13.9. The molecule has 1 aromatic heterocycles. The zero-order valence-corrected chi connectivity index (χ0v) is 20.3. The second-order valence-corrected chi connectivity index (χ2v) is 12.0. The van der Waals surface area contributed by atoms with Crippen molar-refractivity contribution in [3.63, 3.8) is 0 Å². The van der Waals surface area contributed by atoms with Crippen molar-refractivity contribution in [2.24, 2.45) is 0 Å². The fraction of sp³-hybridized carbons (Fsp3) is 0.318. The fourth-order valence-electron chi connectivity index (χ4n) is 3.79. The standard InChI is InChI=1S/C22H22Cl2N2O3S2/c1-25(2)16-6-3-14(4-7-16)12-26(17-9-10-31(28,29)13-17)22(27)21-20(24)18-8-5-15(23)11-19(18)30-21/h3-8,11,17H,9-10,12-13H2,1-2H3. The minimum absolute atomic E-state index is 0.0249. The number of anilines is 1. The lowest BCUT2D eigenvalue weighted by Crippen LogP contribution is -2.40. The van der Waals surface area contributed by atoms with Crippen LogP contribution in [0.25, 0.3) is 10.1 Å². The first-order valence-corrected chi connectivity index (χ1v) is 13.2. The zero-order chi connectivity index (χ0) is 22.3. The predicted octanol–water partition coefficient (Wildman–Crippen LogP) is 5.10. The third-order valence-corrected chi connectivity index (χ3v) is 9.13. The number of carbonyl (C=O) groups is 1. The molecule has 1 saturated heterocycles. The van der Waals surface area contributed by atoms with Crippen molar-refractivity contribution >= 4 is 66.1 Å². The Kier molecular flexibility index (Phi) is 6.23. The molecule has 1 amide bonds. The molecule has 2 heterocycles. The minimum Gasteiger partial charge on any atom is -0.378 e.